The molecule has 0 saturated carbocycles. The van der Waals surface area contributed by atoms with Crippen molar-refractivity contribution < 1.29 is 5.21 Å². The molecule has 0 aromatic carbocycles. The van der Waals surface area contributed by atoms with Crippen molar-refractivity contribution in [1.29, 1.82) is 0 Å². The first-order chi connectivity index (χ1) is 8.09. The van der Waals surface area contributed by atoms with Gasteiger partial charge in [-0.25, -0.2) is 4.98 Å². The van der Waals surface area contributed by atoms with E-state index in [4.69, 9.17) is 0 Å². The van der Waals surface area contributed by atoms with Crippen LogP contribution in [0.1, 0.15) is 11.4 Å². The number of pyridine rings is 1. The van der Waals surface area contributed by atoms with E-state index in [0.717, 1.165) is 16.1 Å². The van der Waals surface area contributed by atoms with Crippen molar-refractivity contribution in [3.63, 3.8) is 0 Å². The maximum absolute atomic E-state index is 10.1. The minimum Gasteiger partial charge on any atom is -0.426 e. The Morgan fingerprint density at radius 2 is 2.06 bits per heavy atom. The van der Waals surface area contributed by atoms with Gasteiger partial charge >= 0.3 is 0 Å². The first-order valence-electron chi connectivity index (χ1n) is 5.43. The number of imidazole rings is 1. The molecule has 2 rings (SSSR count). The van der Waals surface area contributed by atoms with Crippen LogP contribution in [0.25, 0.3) is 11.5 Å². The zero-order chi connectivity index (χ0) is 12.4. The summed E-state index contributed by atoms with van der Waals surface area (Å²) in [5, 5.41) is 10.1. The Morgan fingerprint density at radius 3 is 2.61 bits per heavy atom. The number of hydrogen-bond donors (Lipinski definition) is 1. The lowest BCUT2D eigenvalue weighted by molar-refractivity contribution is 0.172. The molecule has 0 radical (unpaired) electrons. The highest BCUT2D eigenvalue weighted by Gasteiger charge is 2.16. The van der Waals surface area contributed by atoms with Crippen molar-refractivity contribution in [3.05, 3.63) is 35.8 Å². The number of rotatable bonds is 3. The molecule has 2 heterocycles. The van der Waals surface area contributed by atoms with Crippen LogP contribution in [-0.2, 0) is 6.54 Å². The van der Waals surface area contributed by atoms with Crippen molar-refractivity contribution in [2.45, 2.75) is 13.5 Å². The normalized spacial score (nSPS) is 10.4. The zero-order valence-corrected chi connectivity index (χ0v) is 11.5. The van der Waals surface area contributed by atoms with E-state index in [2.05, 4.69) is 9.97 Å². The van der Waals surface area contributed by atoms with Crippen LogP contribution in [-0.4, -0.2) is 38.9 Å². The van der Waals surface area contributed by atoms with E-state index < -0.39 is 0 Å². The summed E-state index contributed by atoms with van der Waals surface area (Å²) >= 11 is 0. The van der Waals surface area contributed by atoms with Gasteiger partial charge in [0.25, 0.3) is 0 Å². The molecule has 1 N–H and O–H groups in total. The average molecular weight is 269 g/mol. The Morgan fingerprint density at radius 1 is 1.33 bits per heavy atom. The Hall–Kier alpha value is -1.59. The van der Waals surface area contributed by atoms with Crippen LogP contribution < -0.4 is 0 Å². The Balaban J connectivity index is 0.00000162. The molecule has 2 aromatic heterocycles. The minimum absolute atomic E-state index is 0. The fourth-order valence-electron chi connectivity index (χ4n) is 1.69. The Bertz CT molecular complexity index is 510. The fraction of sp³-hybridized carbons (Fsp3) is 0.333. The highest BCUT2D eigenvalue weighted by molar-refractivity contribution is 5.85. The maximum atomic E-state index is 10.1. The van der Waals surface area contributed by atoms with E-state index >= 15 is 0 Å². The summed E-state index contributed by atoms with van der Waals surface area (Å²) in [7, 11) is 3.90. The van der Waals surface area contributed by atoms with E-state index in [1.807, 2.05) is 44.1 Å². The van der Waals surface area contributed by atoms with Gasteiger partial charge in [-0.3, -0.25) is 4.98 Å². The Kier molecular flexibility index (Phi) is 4.69. The summed E-state index contributed by atoms with van der Waals surface area (Å²) in [6.07, 6.45) is 1.69. The molecule has 2 aromatic rings. The summed E-state index contributed by atoms with van der Waals surface area (Å²) in [6.45, 7) is 2.53. The van der Waals surface area contributed by atoms with Crippen LogP contribution in [0.2, 0.25) is 0 Å². The second kappa shape index (κ2) is 5.84. The minimum atomic E-state index is 0. The quantitative estimate of drug-likeness (QED) is 0.865. The van der Waals surface area contributed by atoms with Gasteiger partial charge in [0.2, 0.25) is 0 Å². The largest absolute Gasteiger partial charge is 0.426 e. The van der Waals surface area contributed by atoms with Gasteiger partial charge in [0.05, 0.1) is 11.4 Å². The van der Waals surface area contributed by atoms with Crippen molar-refractivity contribution >= 4 is 12.4 Å². The molecule has 0 saturated heterocycles. The molecule has 0 bridgehead atoms. The first-order valence-corrected chi connectivity index (χ1v) is 5.43. The molecule has 0 atom stereocenters. The molecule has 0 aliphatic heterocycles. The second-order valence-electron chi connectivity index (χ2n) is 4.23. The van der Waals surface area contributed by atoms with E-state index in [1.54, 1.807) is 6.20 Å². The standard InChI is InChI=1S/C12H16N4O.ClH/c1-9-11(8-15(2)3)16(17)12(14-9)10-6-4-5-7-13-10;/h4-7,17H,8H2,1-3H3;1H. The van der Waals surface area contributed by atoms with Gasteiger partial charge in [-0.1, -0.05) is 6.07 Å². The molecular weight excluding hydrogens is 252 g/mol. The highest BCUT2D eigenvalue weighted by atomic mass is 35.5. The molecular formula is C12H17ClN4O. The number of aryl methyl sites for hydroxylation is 1. The summed E-state index contributed by atoms with van der Waals surface area (Å²) in [4.78, 5) is 10.5. The van der Waals surface area contributed by atoms with Gasteiger partial charge < -0.3 is 10.1 Å². The monoisotopic (exact) mass is 268 g/mol. The molecule has 0 aliphatic rings. The van der Waals surface area contributed by atoms with E-state index in [1.165, 1.54) is 0 Å². The van der Waals surface area contributed by atoms with Crippen LogP contribution in [0.4, 0.5) is 0 Å². The third-order valence-corrected chi connectivity index (χ3v) is 2.51. The number of nitrogens with zero attached hydrogens (tertiary/aromatic N) is 4. The third-order valence-electron chi connectivity index (χ3n) is 2.51. The Labute approximate surface area is 112 Å². The second-order valence-corrected chi connectivity index (χ2v) is 4.23. The summed E-state index contributed by atoms with van der Waals surface area (Å²) in [6, 6.07) is 5.54. The molecule has 0 fully saturated rings. The molecule has 0 unspecified atom stereocenters. The lowest BCUT2D eigenvalue weighted by atomic mass is 10.3. The van der Waals surface area contributed by atoms with E-state index in [9.17, 15) is 5.21 Å². The van der Waals surface area contributed by atoms with Crippen LogP contribution >= 0.6 is 12.4 Å². The van der Waals surface area contributed by atoms with Crippen LogP contribution in [0.5, 0.6) is 0 Å². The van der Waals surface area contributed by atoms with Crippen LogP contribution in [0, 0.1) is 6.92 Å². The summed E-state index contributed by atoms with van der Waals surface area (Å²) in [5.74, 6) is 0.486. The smallest absolute Gasteiger partial charge is 0.194 e. The van der Waals surface area contributed by atoms with Crippen molar-refractivity contribution in [3.8, 4) is 11.5 Å². The average Bonchev–Trinajstić information content (AvgIpc) is 2.58. The van der Waals surface area contributed by atoms with E-state index in [-0.39, 0.29) is 12.4 Å². The highest BCUT2D eigenvalue weighted by Crippen LogP contribution is 2.19. The molecule has 98 valence electrons. The molecule has 0 amide bonds. The van der Waals surface area contributed by atoms with Crippen molar-refractivity contribution in [2.75, 3.05) is 14.1 Å². The first kappa shape index (κ1) is 14.5. The predicted molar refractivity (Wildman–Crippen MR) is 72.0 cm³/mol. The number of hydrogen-bond acceptors (Lipinski definition) is 4. The SMILES string of the molecule is Cc1nc(-c2ccccn2)n(O)c1CN(C)C.Cl. The van der Waals surface area contributed by atoms with Crippen LogP contribution in [0.15, 0.2) is 24.4 Å². The lowest BCUT2D eigenvalue weighted by Gasteiger charge is -2.10. The van der Waals surface area contributed by atoms with Crippen molar-refractivity contribution in [2.24, 2.45) is 0 Å². The summed E-state index contributed by atoms with van der Waals surface area (Å²) < 4.78 is 1.12. The molecule has 0 aliphatic carbocycles. The molecule has 5 nitrogen and oxygen atoms in total. The topological polar surface area (TPSA) is 54.2 Å². The third kappa shape index (κ3) is 2.80. The molecule has 0 spiro atoms. The zero-order valence-electron chi connectivity index (χ0n) is 10.7. The van der Waals surface area contributed by atoms with Gasteiger partial charge in [-0.15, -0.1) is 12.4 Å². The lowest BCUT2D eigenvalue weighted by Crippen LogP contribution is -2.15. The molecule has 6 heteroatoms. The van der Waals surface area contributed by atoms with Crippen molar-refractivity contribution in [1.82, 2.24) is 19.6 Å². The van der Waals surface area contributed by atoms with Crippen LogP contribution in [0.3, 0.4) is 0 Å². The van der Waals surface area contributed by atoms with E-state index in [0.29, 0.717) is 18.1 Å². The molecule has 18 heavy (non-hydrogen) atoms. The van der Waals surface area contributed by atoms with Gasteiger partial charge in [-0.2, -0.15) is 4.73 Å². The van der Waals surface area contributed by atoms with Gasteiger partial charge in [-0.05, 0) is 33.2 Å². The van der Waals surface area contributed by atoms with Gasteiger partial charge in [0.1, 0.15) is 5.69 Å². The van der Waals surface area contributed by atoms with Gasteiger partial charge in [0.15, 0.2) is 5.82 Å². The predicted octanol–water partition coefficient (Wildman–Crippen LogP) is 1.97. The fourth-order valence-corrected chi connectivity index (χ4v) is 1.69. The maximum Gasteiger partial charge on any atom is 0.194 e. The number of halogens is 1. The summed E-state index contributed by atoms with van der Waals surface area (Å²) in [5.41, 5.74) is 2.28. The van der Waals surface area contributed by atoms with Gasteiger partial charge in [0, 0.05) is 12.7 Å². The number of aromatic nitrogens is 3.